The van der Waals surface area contributed by atoms with E-state index in [0.717, 1.165) is 5.56 Å². The molecule has 1 N–H and O–H groups in total. The molecule has 2 rings (SSSR count). The highest BCUT2D eigenvalue weighted by Crippen LogP contribution is 2.36. The molecule has 0 saturated carbocycles. The van der Waals surface area contributed by atoms with E-state index < -0.39 is 0 Å². The third-order valence-electron chi connectivity index (χ3n) is 1.62. The Hall–Kier alpha value is -0.880. The van der Waals surface area contributed by atoms with Crippen molar-refractivity contribution in [3.8, 4) is 17.2 Å². The molecule has 0 saturated heterocycles. The second kappa shape index (κ2) is 3.70. The molecule has 1 aromatic carbocycles. The molecule has 0 bridgehead atoms. The van der Waals surface area contributed by atoms with Crippen molar-refractivity contribution in [1.29, 1.82) is 0 Å². The zero-order valence-corrected chi connectivity index (χ0v) is 9.91. The molecule has 1 heterocycles. The summed E-state index contributed by atoms with van der Waals surface area (Å²) in [6.07, 6.45) is 1.25. The predicted molar refractivity (Wildman–Crippen MR) is 56.8 cm³/mol. The van der Waals surface area contributed by atoms with Crippen LogP contribution in [0.2, 0.25) is 0 Å². The Morgan fingerprint density at radius 1 is 1.21 bits per heavy atom. The number of nitrogens with zero attached hydrogens (tertiary/aromatic N) is 2. The van der Waals surface area contributed by atoms with E-state index in [1.54, 1.807) is 12.1 Å². The van der Waals surface area contributed by atoms with Crippen LogP contribution < -0.4 is 0 Å². The average Bonchev–Trinajstić information content (AvgIpc) is 2.66. The fraction of sp³-hybridized carbons (Fsp3) is 0. The molecule has 4 nitrogen and oxygen atoms in total. The first-order valence-corrected chi connectivity index (χ1v) is 5.21. The smallest absolute Gasteiger partial charge is 0.247 e. The topological polar surface area (TPSA) is 59.2 Å². The second-order valence-corrected chi connectivity index (χ2v) is 4.24. The van der Waals surface area contributed by atoms with E-state index in [2.05, 4.69) is 42.1 Å². The third-order valence-corrected chi connectivity index (χ3v) is 2.83. The molecule has 0 unspecified atom stereocenters. The molecule has 72 valence electrons. The van der Waals surface area contributed by atoms with Gasteiger partial charge in [0.05, 0.1) is 8.95 Å². The highest BCUT2D eigenvalue weighted by molar-refractivity contribution is 9.11. The van der Waals surface area contributed by atoms with Gasteiger partial charge in [0, 0.05) is 5.56 Å². The third kappa shape index (κ3) is 1.67. The Balaban J connectivity index is 2.57. The Bertz CT molecular complexity index is 433. The van der Waals surface area contributed by atoms with Crippen LogP contribution in [0.15, 0.2) is 31.9 Å². The van der Waals surface area contributed by atoms with E-state index >= 15 is 0 Å². The van der Waals surface area contributed by atoms with Gasteiger partial charge in [-0.05, 0) is 44.0 Å². The van der Waals surface area contributed by atoms with E-state index in [1.165, 1.54) is 6.39 Å². The lowest BCUT2D eigenvalue weighted by Crippen LogP contribution is -1.80. The molecule has 0 fully saturated rings. The summed E-state index contributed by atoms with van der Waals surface area (Å²) in [6, 6.07) is 3.40. The molecule has 0 atom stereocenters. The lowest BCUT2D eigenvalue weighted by atomic mass is 10.2. The lowest BCUT2D eigenvalue weighted by Gasteiger charge is -2.01. The predicted octanol–water partition coefficient (Wildman–Crippen LogP) is 2.97. The first kappa shape index (κ1) is 9.67. The quantitative estimate of drug-likeness (QED) is 0.878. The summed E-state index contributed by atoms with van der Waals surface area (Å²) < 4.78 is 6.16. The fourth-order valence-corrected chi connectivity index (χ4v) is 2.17. The van der Waals surface area contributed by atoms with Crippen LogP contribution in [-0.2, 0) is 0 Å². The zero-order valence-electron chi connectivity index (χ0n) is 6.74. The van der Waals surface area contributed by atoms with Crippen molar-refractivity contribution in [3.05, 3.63) is 27.5 Å². The number of hydrogen-bond donors (Lipinski definition) is 1. The Morgan fingerprint density at radius 3 is 2.36 bits per heavy atom. The largest absolute Gasteiger partial charge is 0.506 e. The first-order chi connectivity index (χ1) is 6.68. The van der Waals surface area contributed by atoms with E-state index in [-0.39, 0.29) is 5.75 Å². The van der Waals surface area contributed by atoms with Gasteiger partial charge in [0.15, 0.2) is 0 Å². The monoisotopic (exact) mass is 318 g/mol. The van der Waals surface area contributed by atoms with Crippen LogP contribution in [0.5, 0.6) is 5.75 Å². The zero-order chi connectivity index (χ0) is 10.1. The van der Waals surface area contributed by atoms with Gasteiger partial charge in [0.2, 0.25) is 12.3 Å². The second-order valence-electron chi connectivity index (χ2n) is 2.53. The van der Waals surface area contributed by atoms with E-state index in [0.29, 0.717) is 14.8 Å². The fourth-order valence-electron chi connectivity index (χ4n) is 0.988. The van der Waals surface area contributed by atoms with Crippen molar-refractivity contribution in [2.24, 2.45) is 0 Å². The van der Waals surface area contributed by atoms with Crippen molar-refractivity contribution in [1.82, 2.24) is 10.2 Å². The number of halogens is 2. The minimum Gasteiger partial charge on any atom is -0.506 e. The standard InChI is InChI=1S/C8H4Br2N2O2/c9-5-1-4(2-6(10)7(5)13)8-12-11-3-14-8/h1-3,13H. The van der Waals surface area contributed by atoms with Gasteiger partial charge < -0.3 is 9.52 Å². The SMILES string of the molecule is Oc1c(Br)cc(-c2nnco2)cc1Br. The summed E-state index contributed by atoms with van der Waals surface area (Å²) in [7, 11) is 0. The molecule has 0 aliphatic carbocycles. The minimum absolute atomic E-state index is 0.147. The maximum absolute atomic E-state index is 9.47. The van der Waals surface area contributed by atoms with E-state index in [4.69, 9.17) is 4.42 Å². The van der Waals surface area contributed by atoms with Crippen LogP contribution in [0, 0.1) is 0 Å². The van der Waals surface area contributed by atoms with Gasteiger partial charge in [-0.3, -0.25) is 0 Å². The summed E-state index contributed by atoms with van der Waals surface area (Å²) in [4.78, 5) is 0. The highest BCUT2D eigenvalue weighted by atomic mass is 79.9. The maximum atomic E-state index is 9.47. The first-order valence-electron chi connectivity index (χ1n) is 3.63. The molecular weight excluding hydrogens is 316 g/mol. The molecule has 0 spiro atoms. The molecular formula is C8H4Br2N2O2. The molecule has 0 aliphatic heterocycles. The number of phenols is 1. The van der Waals surface area contributed by atoms with E-state index in [1.807, 2.05) is 0 Å². The Kier molecular flexibility index (Phi) is 2.56. The summed E-state index contributed by atoms with van der Waals surface area (Å²) in [5.74, 6) is 0.555. The van der Waals surface area contributed by atoms with Crippen molar-refractivity contribution >= 4 is 31.9 Å². The van der Waals surface area contributed by atoms with Gasteiger partial charge in [-0.2, -0.15) is 0 Å². The Morgan fingerprint density at radius 2 is 1.86 bits per heavy atom. The van der Waals surface area contributed by atoms with Crippen molar-refractivity contribution in [2.75, 3.05) is 0 Å². The molecule has 6 heteroatoms. The number of aromatic nitrogens is 2. The number of benzene rings is 1. The molecule has 0 amide bonds. The van der Waals surface area contributed by atoms with Crippen molar-refractivity contribution in [3.63, 3.8) is 0 Å². The molecule has 2 aromatic rings. The van der Waals surface area contributed by atoms with Crippen LogP contribution in [0.4, 0.5) is 0 Å². The van der Waals surface area contributed by atoms with Crippen LogP contribution in [0.25, 0.3) is 11.5 Å². The highest BCUT2D eigenvalue weighted by Gasteiger charge is 2.10. The Labute approximate surface area is 96.2 Å². The van der Waals surface area contributed by atoms with E-state index in [9.17, 15) is 5.11 Å². The molecule has 0 radical (unpaired) electrons. The summed E-state index contributed by atoms with van der Waals surface area (Å²) >= 11 is 6.43. The van der Waals surface area contributed by atoms with Crippen LogP contribution in [0.3, 0.4) is 0 Å². The molecule has 0 aliphatic rings. The van der Waals surface area contributed by atoms with Crippen LogP contribution >= 0.6 is 31.9 Å². The van der Waals surface area contributed by atoms with Gasteiger partial charge in [0.25, 0.3) is 0 Å². The number of phenolic OH excluding ortho intramolecular Hbond substituents is 1. The minimum atomic E-state index is 0.147. The van der Waals surface area contributed by atoms with Crippen LogP contribution in [0.1, 0.15) is 0 Å². The summed E-state index contributed by atoms with van der Waals surface area (Å²) in [5, 5.41) is 16.8. The van der Waals surface area contributed by atoms with Gasteiger partial charge >= 0.3 is 0 Å². The van der Waals surface area contributed by atoms with Gasteiger partial charge in [-0.1, -0.05) is 0 Å². The van der Waals surface area contributed by atoms with Crippen molar-refractivity contribution in [2.45, 2.75) is 0 Å². The molecule has 1 aromatic heterocycles. The van der Waals surface area contributed by atoms with Crippen molar-refractivity contribution < 1.29 is 9.52 Å². The summed E-state index contributed by atoms with van der Waals surface area (Å²) in [6.45, 7) is 0. The number of rotatable bonds is 1. The van der Waals surface area contributed by atoms with Crippen LogP contribution in [-0.4, -0.2) is 15.3 Å². The molecule has 14 heavy (non-hydrogen) atoms. The van der Waals surface area contributed by atoms with Gasteiger partial charge in [0.1, 0.15) is 5.75 Å². The number of hydrogen-bond acceptors (Lipinski definition) is 4. The number of aromatic hydroxyl groups is 1. The summed E-state index contributed by atoms with van der Waals surface area (Å²) in [5.41, 5.74) is 0.735. The lowest BCUT2D eigenvalue weighted by molar-refractivity contribution is 0.468. The maximum Gasteiger partial charge on any atom is 0.247 e. The van der Waals surface area contributed by atoms with Gasteiger partial charge in [-0.25, -0.2) is 0 Å². The van der Waals surface area contributed by atoms with Gasteiger partial charge in [-0.15, -0.1) is 10.2 Å². The average molecular weight is 320 g/mol. The normalized spacial score (nSPS) is 10.4.